The number of rotatable bonds is 9. The van der Waals surface area contributed by atoms with Crippen molar-refractivity contribution >= 4 is 38.9 Å². The number of alkyl halides is 1. The number of benzene rings is 1. The maximum Gasteiger partial charge on any atom is 0.242 e. The van der Waals surface area contributed by atoms with Crippen LogP contribution in [-0.4, -0.2) is 38.8 Å². The largest absolute Gasteiger partial charge is 0.368 e. The first-order chi connectivity index (χ1) is 13.3. The molecule has 158 valence electrons. The van der Waals surface area contributed by atoms with Gasteiger partial charge in [0.1, 0.15) is 4.90 Å². The Kier molecular flexibility index (Phi) is 8.58. The van der Waals surface area contributed by atoms with E-state index in [9.17, 15) is 13.2 Å². The summed E-state index contributed by atoms with van der Waals surface area (Å²) in [7, 11) is -3.71. The number of sulfonamides is 1. The zero-order valence-corrected chi connectivity index (χ0v) is 18.6. The molecule has 0 saturated carbocycles. The molecule has 0 radical (unpaired) electrons. The molecule has 1 saturated heterocycles. The van der Waals surface area contributed by atoms with Crippen LogP contribution in [0.2, 0.25) is 0 Å². The van der Waals surface area contributed by atoms with Gasteiger partial charge in [-0.3, -0.25) is 4.79 Å². The average molecular weight is 430 g/mol. The van der Waals surface area contributed by atoms with Gasteiger partial charge in [0.15, 0.2) is 0 Å². The average Bonchev–Trinajstić information content (AvgIpc) is 2.66. The van der Waals surface area contributed by atoms with Crippen LogP contribution >= 0.6 is 11.6 Å². The van der Waals surface area contributed by atoms with Crippen LogP contribution in [0.5, 0.6) is 0 Å². The number of anilines is 2. The van der Waals surface area contributed by atoms with Gasteiger partial charge in [0.05, 0.1) is 5.69 Å². The molecule has 2 N–H and O–H groups in total. The summed E-state index contributed by atoms with van der Waals surface area (Å²) < 4.78 is 29.0. The van der Waals surface area contributed by atoms with Crippen molar-refractivity contribution in [2.24, 2.45) is 0 Å². The van der Waals surface area contributed by atoms with Gasteiger partial charge in [-0.15, -0.1) is 11.6 Å². The number of piperidine rings is 1. The summed E-state index contributed by atoms with van der Waals surface area (Å²) in [5.74, 6) is 0.246. The van der Waals surface area contributed by atoms with Crippen molar-refractivity contribution in [3.05, 3.63) is 18.2 Å². The highest BCUT2D eigenvalue weighted by Crippen LogP contribution is 2.33. The first-order valence-electron chi connectivity index (χ1n) is 10.1. The van der Waals surface area contributed by atoms with E-state index in [1.165, 1.54) is 0 Å². The fraction of sp³-hybridized carbons (Fsp3) is 0.650. The summed E-state index contributed by atoms with van der Waals surface area (Å²) in [6.45, 7) is 6.74. The monoisotopic (exact) mass is 429 g/mol. The minimum Gasteiger partial charge on any atom is -0.368 e. The van der Waals surface area contributed by atoms with E-state index in [1.54, 1.807) is 12.1 Å². The molecule has 6 nitrogen and oxygen atoms in total. The fourth-order valence-electron chi connectivity index (χ4n) is 3.36. The molecule has 0 bridgehead atoms. The molecule has 0 aliphatic carbocycles. The summed E-state index contributed by atoms with van der Waals surface area (Å²) in [5.41, 5.74) is 1.18. The van der Waals surface area contributed by atoms with Crippen molar-refractivity contribution in [2.45, 2.75) is 76.3 Å². The molecule has 0 aromatic heterocycles. The maximum atomic E-state index is 13.1. The van der Waals surface area contributed by atoms with Crippen LogP contribution in [-0.2, 0) is 14.8 Å². The number of amides is 1. The normalized spacial score (nSPS) is 18.7. The predicted octanol–water partition coefficient (Wildman–Crippen LogP) is 4.10. The molecule has 8 heteroatoms. The van der Waals surface area contributed by atoms with Gasteiger partial charge < -0.3 is 10.2 Å². The smallest absolute Gasteiger partial charge is 0.242 e. The minimum atomic E-state index is -3.71. The highest BCUT2D eigenvalue weighted by Gasteiger charge is 2.27. The van der Waals surface area contributed by atoms with E-state index in [1.807, 2.05) is 19.9 Å². The molecule has 0 spiro atoms. The molecule has 1 aromatic rings. The molecule has 28 heavy (non-hydrogen) atoms. The van der Waals surface area contributed by atoms with Crippen molar-refractivity contribution in [1.82, 2.24) is 4.72 Å². The Morgan fingerprint density at radius 2 is 2.11 bits per heavy atom. The first-order valence-corrected chi connectivity index (χ1v) is 12.1. The molecule has 0 unspecified atom stereocenters. The van der Waals surface area contributed by atoms with Crippen LogP contribution in [0.3, 0.4) is 0 Å². The Balaban J connectivity index is 2.40. The van der Waals surface area contributed by atoms with Crippen molar-refractivity contribution in [1.29, 1.82) is 0 Å². The summed E-state index contributed by atoms with van der Waals surface area (Å²) in [6.07, 6.45) is 4.82. The number of hydrogen-bond donors (Lipinski definition) is 2. The van der Waals surface area contributed by atoms with Gasteiger partial charge in [-0.25, -0.2) is 13.1 Å². The molecular formula is C20H32ClN3O3S. The lowest BCUT2D eigenvalue weighted by Gasteiger charge is -2.36. The third-order valence-corrected chi connectivity index (χ3v) is 7.04. The van der Waals surface area contributed by atoms with E-state index in [2.05, 4.69) is 21.9 Å². The number of nitrogens with one attached hydrogen (secondary N) is 2. The van der Waals surface area contributed by atoms with Crippen molar-refractivity contribution < 1.29 is 13.2 Å². The number of carbonyl (C=O) groups excluding carboxylic acids is 1. The second-order valence-electron chi connectivity index (χ2n) is 7.49. The predicted molar refractivity (Wildman–Crippen MR) is 116 cm³/mol. The number of halogens is 1. The van der Waals surface area contributed by atoms with Gasteiger partial charge in [0.25, 0.3) is 0 Å². The highest BCUT2D eigenvalue weighted by atomic mass is 35.5. The minimum absolute atomic E-state index is 0.168. The van der Waals surface area contributed by atoms with Gasteiger partial charge in [0.2, 0.25) is 15.9 Å². The Labute approximate surface area is 174 Å². The van der Waals surface area contributed by atoms with Gasteiger partial charge >= 0.3 is 0 Å². The number of hydrogen-bond acceptors (Lipinski definition) is 4. The second-order valence-corrected chi connectivity index (χ2v) is 9.55. The first kappa shape index (κ1) is 23.0. The summed E-state index contributed by atoms with van der Waals surface area (Å²) in [6, 6.07) is 5.26. The van der Waals surface area contributed by atoms with Crippen LogP contribution in [0.25, 0.3) is 0 Å². The van der Waals surface area contributed by atoms with Crippen LogP contribution in [0.1, 0.15) is 59.3 Å². The lowest BCUT2D eigenvalue weighted by molar-refractivity contribution is -0.116. The number of carbonyl (C=O) groups is 1. The molecule has 1 amide bonds. The lowest BCUT2D eigenvalue weighted by atomic mass is 10.0. The van der Waals surface area contributed by atoms with Crippen LogP contribution in [0.15, 0.2) is 23.1 Å². The standard InChI is InChI=1S/C20H32ClN3O3S/c1-4-15(2)23-28(26,27)19-14-17(22-20(25)9-7-12-21)10-11-18(19)24-13-6-5-8-16(24)3/h10-11,14-16,23H,4-9,12-13H2,1-3H3,(H,22,25)/t15-,16+/m0/s1. The molecule has 2 atom stereocenters. The van der Waals surface area contributed by atoms with Crippen molar-refractivity contribution in [3.63, 3.8) is 0 Å². The van der Waals surface area contributed by atoms with Gasteiger partial charge in [-0.2, -0.15) is 0 Å². The summed E-state index contributed by atoms with van der Waals surface area (Å²) >= 11 is 5.64. The quantitative estimate of drug-likeness (QED) is 0.579. The van der Waals surface area contributed by atoms with E-state index in [0.29, 0.717) is 36.5 Å². The van der Waals surface area contributed by atoms with Crippen LogP contribution in [0.4, 0.5) is 11.4 Å². The van der Waals surface area contributed by atoms with Crippen LogP contribution in [0, 0.1) is 0 Å². The van der Waals surface area contributed by atoms with Gasteiger partial charge in [-0.05, 0) is 64.2 Å². The molecule has 1 fully saturated rings. The third-order valence-electron chi connectivity index (χ3n) is 5.15. The SMILES string of the molecule is CC[C@H](C)NS(=O)(=O)c1cc(NC(=O)CCCCl)ccc1N1CCCC[C@H]1C. The molecule has 1 aromatic carbocycles. The highest BCUT2D eigenvalue weighted by molar-refractivity contribution is 7.89. The van der Waals surface area contributed by atoms with Gasteiger partial charge in [0, 0.05) is 36.6 Å². The zero-order chi connectivity index (χ0) is 20.7. The molecule has 1 aliphatic rings. The molecule has 1 aliphatic heterocycles. The Morgan fingerprint density at radius 3 is 2.75 bits per heavy atom. The van der Waals surface area contributed by atoms with Crippen molar-refractivity contribution in [2.75, 3.05) is 22.6 Å². The van der Waals surface area contributed by atoms with E-state index in [4.69, 9.17) is 11.6 Å². The molecule has 2 rings (SSSR count). The Morgan fingerprint density at radius 1 is 1.36 bits per heavy atom. The molecular weight excluding hydrogens is 398 g/mol. The zero-order valence-electron chi connectivity index (χ0n) is 17.0. The number of nitrogens with zero attached hydrogens (tertiary/aromatic N) is 1. The topological polar surface area (TPSA) is 78.5 Å². The second kappa shape index (κ2) is 10.5. The van der Waals surface area contributed by atoms with E-state index >= 15 is 0 Å². The van der Waals surface area contributed by atoms with Gasteiger partial charge in [-0.1, -0.05) is 6.92 Å². The Bertz CT molecular complexity index is 770. The van der Waals surface area contributed by atoms with Crippen LogP contribution < -0.4 is 14.9 Å². The summed E-state index contributed by atoms with van der Waals surface area (Å²) in [5, 5.41) is 2.79. The van der Waals surface area contributed by atoms with E-state index in [0.717, 1.165) is 25.8 Å². The van der Waals surface area contributed by atoms with Crippen molar-refractivity contribution in [3.8, 4) is 0 Å². The third kappa shape index (κ3) is 6.09. The van der Waals surface area contributed by atoms with E-state index < -0.39 is 10.0 Å². The lowest BCUT2D eigenvalue weighted by Crippen LogP contribution is -2.39. The summed E-state index contributed by atoms with van der Waals surface area (Å²) in [4.78, 5) is 14.4. The van der Waals surface area contributed by atoms with E-state index in [-0.39, 0.29) is 22.9 Å². The molecule has 1 heterocycles. The fourth-order valence-corrected chi connectivity index (χ4v) is 5.06. The Hall–Kier alpha value is -1.31. The maximum absolute atomic E-state index is 13.1.